The summed E-state index contributed by atoms with van der Waals surface area (Å²) in [5.74, 6) is -2.23. The first-order chi connectivity index (χ1) is 19.2. The van der Waals surface area contributed by atoms with Crippen LogP contribution in [0.4, 0.5) is 39.9 Å². The van der Waals surface area contributed by atoms with Crippen LogP contribution in [0.2, 0.25) is 0 Å². The van der Waals surface area contributed by atoms with Gasteiger partial charge in [0.15, 0.2) is 6.10 Å². The van der Waals surface area contributed by atoms with Crippen LogP contribution >= 0.6 is 0 Å². The van der Waals surface area contributed by atoms with Crippen LogP contribution in [0.5, 0.6) is 5.75 Å². The van der Waals surface area contributed by atoms with Crippen LogP contribution in [0.1, 0.15) is 30.2 Å². The average Bonchev–Trinajstić information content (AvgIpc) is 2.90. The Morgan fingerprint density at radius 2 is 1.66 bits per heavy atom. The van der Waals surface area contributed by atoms with Gasteiger partial charge >= 0.3 is 24.7 Å². The Bertz CT molecular complexity index is 1300. The van der Waals surface area contributed by atoms with Crippen molar-refractivity contribution in [3.63, 3.8) is 0 Å². The maximum atomic E-state index is 14.8. The Morgan fingerprint density at radius 3 is 2.22 bits per heavy atom. The van der Waals surface area contributed by atoms with Gasteiger partial charge in [0.05, 0.1) is 11.7 Å². The molecule has 3 aromatic rings. The number of nitrogens with one attached hydrogen (secondary N) is 2. The molecule has 1 heterocycles. The van der Waals surface area contributed by atoms with Crippen molar-refractivity contribution in [2.75, 3.05) is 0 Å². The molecule has 0 bridgehead atoms. The third-order valence-corrected chi connectivity index (χ3v) is 6.09. The zero-order chi connectivity index (χ0) is 30.4. The molecule has 0 aliphatic heterocycles. The van der Waals surface area contributed by atoms with Crippen LogP contribution in [0.3, 0.4) is 0 Å². The molecule has 3 atom stereocenters. The summed E-state index contributed by atoms with van der Waals surface area (Å²) in [5.41, 5.74) is -1.82. The van der Waals surface area contributed by atoms with Gasteiger partial charge in [-0.3, -0.25) is 4.98 Å². The number of aromatic nitrogens is 1. The van der Waals surface area contributed by atoms with Gasteiger partial charge < -0.3 is 20.5 Å². The topological polar surface area (TPSA) is 83.5 Å². The van der Waals surface area contributed by atoms with Gasteiger partial charge in [0.1, 0.15) is 17.1 Å². The number of urea groups is 1. The number of ether oxygens (including phenoxy) is 1. The van der Waals surface area contributed by atoms with Crippen molar-refractivity contribution in [2.24, 2.45) is 0 Å². The van der Waals surface area contributed by atoms with E-state index in [4.69, 9.17) is 0 Å². The molecule has 3 N–H and O–H groups in total. The van der Waals surface area contributed by atoms with Crippen molar-refractivity contribution in [1.82, 2.24) is 15.6 Å². The molecular weight excluding hydrogens is 566 g/mol. The van der Waals surface area contributed by atoms with Crippen molar-refractivity contribution in [3.8, 4) is 5.75 Å². The molecule has 1 aromatic heterocycles. The molecule has 0 fully saturated rings. The SMILES string of the molecule is CC[C@@H](NC(=O)N[C@@](Cc1ccccc1)(c1cc(F)cc(OC(F)(F)C(F)F)c1)c1ccccn1)[C@@H](O)C(F)(F)F. The second-order valence-corrected chi connectivity index (χ2v) is 9.02. The fraction of sp³-hybridized carbons (Fsp3) is 0.333. The number of hydrogen-bond donors (Lipinski definition) is 3. The zero-order valence-electron chi connectivity index (χ0n) is 21.3. The summed E-state index contributed by atoms with van der Waals surface area (Å²) in [4.78, 5) is 17.4. The summed E-state index contributed by atoms with van der Waals surface area (Å²) in [7, 11) is 0. The number of alkyl halides is 7. The number of amides is 2. The maximum absolute atomic E-state index is 14.8. The van der Waals surface area contributed by atoms with E-state index in [1.54, 1.807) is 30.3 Å². The fourth-order valence-electron chi connectivity index (χ4n) is 4.14. The Hall–Kier alpha value is -3.94. The highest BCUT2D eigenvalue weighted by molar-refractivity contribution is 5.76. The lowest BCUT2D eigenvalue weighted by Crippen LogP contribution is -2.57. The van der Waals surface area contributed by atoms with E-state index in [1.807, 2.05) is 5.32 Å². The minimum atomic E-state index is -5.07. The first-order valence-corrected chi connectivity index (χ1v) is 12.1. The number of hydrogen-bond acceptors (Lipinski definition) is 4. The molecule has 0 radical (unpaired) electrons. The van der Waals surface area contributed by atoms with Crippen LogP contribution < -0.4 is 15.4 Å². The smallest absolute Gasteiger partial charge is 0.428 e. The van der Waals surface area contributed by atoms with Crippen molar-refractivity contribution >= 4 is 6.03 Å². The van der Waals surface area contributed by atoms with E-state index in [1.165, 1.54) is 31.3 Å². The number of carbonyl (C=O) groups is 1. The standard InChI is InChI=1S/C27H25F8N3O3/c1-2-20(22(39)26(31,32)33)37-24(40)38-25(21-10-6-7-11-36-21,15-16-8-4-3-5-9-16)17-12-18(28)14-19(13-17)41-27(34,35)23(29)30/h3-14,20,22-23,39H,2,15H2,1H3,(H2,37,38,40)/t20-,22-,25+/m1/s1. The Morgan fingerprint density at radius 1 is 1.00 bits per heavy atom. The van der Waals surface area contributed by atoms with Gasteiger partial charge in [0.2, 0.25) is 0 Å². The number of halogens is 8. The number of carbonyl (C=O) groups excluding carboxylic acids is 1. The molecule has 2 amide bonds. The summed E-state index contributed by atoms with van der Waals surface area (Å²) in [6.45, 7) is 1.29. The molecule has 0 saturated carbocycles. The largest absolute Gasteiger partial charge is 0.461 e. The Kier molecular flexibility index (Phi) is 9.79. The van der Waals surface area contributed by atoms with Crippen LogP contribution in [0.25, 0.3) is 0 Å². The van der Waals surface area contributed by atoms with E-state index in [0.29, 0.717) is 11.6 Å². The van der Waals surface area contributed by atoms with Gasteiger partial charge in [-0.15, -0.1) is 0 Å². The van der Waals surface area contributed by atoms with Gasteiger partial charge in [0, 0.05) is 18.7 Å². The first-order valence-electron chi connectivity index (χ1n) is 12.1. The van der Waals surface area contributed by atoms with Gasteiger partial charge in [-0.05, 0) is 41.8 Å². The monoisotopic (exact) mass is 591 g/mol. The Labute approximate surface area is 229 Å². The number of pyridine rings is 1. The predicted molar refractivity (Wildman–Crippen MR) is 131 cm³/mol. The van der Waals surface area contributed by atoms with Gasteiger partial charge in [0.25, 0.3) is 0 Å². The van der Waals surface area contributed by atoms with Crippen molar-refractivity contribution in [3.05, 3.63) is 95.6 Å². The van der Waals surface area contributed by atoms with E-state index >= 15 is 0 Å². The van der Waals surface area contributed by atoms with E-state index < -0.39 is 54.0 Å². The molecule has 0 spiro atoms. The van der Waals surface area contributed by atoms with Crippen molar-refractivity contribution in [1.29, 1.82) is 0 Å². The molecule has 0 aliphatic carbocycles. The second kappa shape index (κ2) is 12.7. The van der Waals surface area contributed by atoms with E-state index in [-0.39, 0.29) is 24.1 Å². The summed E-state index contributed by atoms with van der Waals surface area (Å²) >= 11 is 0. The molecule has 6 nitrogen and oxygen atoms in total. The van der Waals surface area contributed by atoms with Crippen LogP contribution in [0, 0.1) is 5.82 Å². The van der Waals surface area contributed by atoms with E-state index in [0.717, 1.165) is 12.1 Å². The lowest BCUT2D eigenvalue weighted by atomic mass is 9.80. The van der Waals surface area contributed by atoms with E-state index in [9.17, 15) is 45.0 Å². The molecule has 0 unspecified atom stereocenters. The Balaban J connectivity index is 2.18. The molecule has 2 aromatic carbocycles. The molecule has 3 rings (SSSR count). The second-order valence-electron chi connectivity index (χ2n) is 9.02. The normalized spacial score (nSPS) is 15.1. The zero-order valence-corrected chi connectivity index (χ0v) is 21.3. The number of benzene rings is 2. The molecular formula is C27H25F8N3O3. The van der Waals surface area contributed by atoms with Crippen molar-refractivity contribution < 1.29 is 49.8 Å². The van der Waals surface area contributed by atoms with E-state index in [2.05, 4.69) is 15.0 Å². The first kappa shape index (κ1) is 31.6. The molecule has 0 saturated heterocycles. The number of rotatable bonds is 11. The molecule has 14 heteroatoms. The van der Waals surface area contributed by atoms with Crippen LogP contribution in [-0.4, -0.2) is 47.0 Å². The third-order valence-electron chi connectivity index (χ3n) is 6.09. The number of nitrogens with zero attached hydrogens (tertiary/aromatic N) is 1. The quantitative estimate of drug-likeness (QED) is 0.241. The van der Waals surface area contributed by atoms with Gasteiger partial charge in [-0.1, -0.05) is 43.3 Å². The molecule has 222 valence electrons. The van der Waals surface area contributed by atoms with Gasteiger partial charge in [-0.2, -0.15) is 30.7 Å². The third kappa shape index (κ3) is 7.84. The highest BCUT2D eigenvalue weighted by Crippen LogP contribution is 2.37. The minimum Gasteiger partial charge on any atom is -0.428 e. The van der Waals surface area contributed by atoms with Gasteiger partial charge in [-0.25, -0.2) is 9.18 Å². The maximum Gasteiger partial charge on any atom is 0.461 e. The summed E-state index contributed by atoms with van der Waals surface area (Å²) in [6, 6.07) is 11.4. The summed E-state index contributed by atoms with van der Waals surface area (Å²) in [5, 5.41) is 14.2. The minimum absolute atomic E-state index is 0.0133. The summed E-state index contributed by atoms with van der Waals surface area (Å²) < 4.78 is 111. The number of aliphatic hydroxyl groups excluding tert-OH is 1. The summed E-state index contributed by atoms with van der Waals surface area (Å²) in [6.07, 6.45) is -16.6. The van der Waals surface area contributed by atoms with Crippen LogP contribution in [-0.2, 0) is 12.0 Å². The van der Waals surface area contributed by atoms with Crippen molar-refractivity contribution in [2.45, 2.75) is 56.2 Å². The van der Waals surface area contributed by atoms with Crippen LogP contribution in [0.15, 0.2) is 72.9 Å². The lowest BCUT2D eigenvalue weighted by Gasteiger charge is -2.36. The predicted octanol–water partition coefficient (Wildman–Crippen LogP) is 5.94. The highest BCUT2D eigenvalue weighted by Gasteiger charge is 2.46. The average molecular weight is 591 g/mol. The number of aliphatic hydroxyl groups is 1. The molecule has 41 heavy (non-hydrogen) atoms. The molecule has 0 aliphatic rings. The lowest BCUT2D eigenvalue weighted by molar-refractivity contribution is -0.253. The fourth-order valence-corrected chi connectivity index (χ4v) is 4.14. The highest BCUT2D eigenvalue weighted by atomic mass is 19.4.